The number of fused-ring (bicyclic) bond motifs is 1. The van der Waals surface area contributed by atoms with E-state index in [9.17, 15) is 9.59 Å². The summed E-state index contributed by atoms with van der Waals surface area (Å²) in [5.74, 6) is -0.174. The van der Waals surface area contributed by atoms with Crippen molar-refractivity contribution in [2.24, 2.45) is 5.92 Å². The molecule has 1 fully saturated rings. The van der Waals surface area contributed by atoms with Crippen LogP contribution in [0.3, 0.4) is 0 Å². The Morgan fingerprint density at radius 3 is 2.75 bits per heavy atom. The maximum atomic E-state index is 13.4. The zero-order valence-electron chi connectivity index (χ0n) is 18.6. The molecule has 4 rings (SSSR count). The van der Waals surface area contributed by atoms with Crippen molar-refractivity contribution in [1.82, 2.24) is 15.2 Å². The molecule has 1 N–H and O–H groups in total. The van der Waals surface area contributed by atoms with Crippen molar-refractivity contribution in [1.29, 1.82) is 0 Å². The van der Waals surface area contributed by atoms with Gasteiger partial charge in [0, 0.05) is 42.4 Å². The van der Waals surface area contributed by atoms with Gasteiger partial charge in [-0.2, -0.15) is 0 Å². The van der Waals surface area contributed by atoms with Crippen LogP contribution in [-0.4, -0.2) is 53.5 Å². The second kappa shape index (κ2) is 9.49. The van der Waals surface area contributed by atoms with E-state index >= 15 is 0 Å². The van der Waals surface area contributed by atoms with Crippen LogP contribution in [0.4, 0.5) is 0 Å². The first-order valence-corrected chi connectivity index (χ1v) is 11.0. The number of pyridine rings is 1. The van der Waals surface area contributed by atoms with Crippen molar-refractivity contribution in [2.45, 2.75) is 25.8 Å². The molecule has 6 heteroatoms. The largest absolute Gasteiger partial charge is 0.379 e. The van der Waals surface area contributed by atoms with E-state index < -0.39 is 5.54 Å². The molecule has 1 aromatic heterocycles. The van der Waals surface area contributed by atoms with Gasteiger partial charge in [0.1, 0.15) is 5.54 Å². The van der Waals surface area contributed by atoms with Crippen LogP contribution in [-0.2, 0) is 16.0 Å². The molecule has 1 unspecified atom stereocenters. The molecule has 1 aliphatic rings. The highest BCUT2D eigenvalue weighted by molar-refractivity contribution is 5.98. The quantitative estimate of drug-likeness (QED) is 0.672. The highest BCUT2D eigenvalue weighted by atomic mass is 16.5. The van der Waals surface area contributed by atoms with E-state index in [2.05, 4.69) is 28.5 Å². The SMILES string of the molecule is CC(C)(NC(=O)c1ccccc1)C(=O)N1CCOCC(Cc2ccc3ccncc3c2)C1. The molecule has 1 atom stereocenters. The van der Waals surface area contributed by atoms with Gasteiger partial charge in [-0.15, -0.1) is 0 Å². The second-order valence-electron chi connectivity index (χ2n) is 8.90. The lowest BCUT2D eigenvalue weighted by Crippen LogP contribution is -2.56. The Kier molecular flexibility index (Phi) is 6.51. The average Bonchev–Trinajstić information content (AvgIpc) is 3.04. The van der Waals surface area contributed by atoms with E-state index in [4.69, 9.17) is 4.74 Å². The minimum absolute atomic E-state index is 0.0972. The van der Waals surface area contributed by atoms with Gasteiger partial charge in [-0.05, 0) is 55.5 Å². The van der Waals surface area contributed by atoms with Crippen molar-refractivity contribution >= 4 is 22.6 Å². The van der Waals surface area contributed by atoms with Gasteiger partial charge in [-0.3, -0.25) is 14.6 Å². The summed E-state index contributed by atoms with van der Waals surface area (Å²) < 4.78 is 5.82. The molecule has 0 bridgehead atoms. The molecular formula is C26H29N3O3. The summed E-state index contributed by atoms with van der Waals surface area (Å²) in [6.07, 6.45) is 4.48. The van der Waals surface area contributed by atoms with Gasteiger partial charge in [-0.1, -0.05) is 30.3 Å². The standard InChI is InChI=1S/C26H29N3O3/c1-26(2,28-24(30)22-6-4-3-5-7-22)25(31)29-12-13-32-18-20(17-29)14-19-8-9-21-10-11-27-16-23(21)15-19/h3-11,15-16,20H,12-14,17-18H2,1-2H3,(H,28,30). The van der Waals surface area contributed by atoms with Crippen LogP contribution < -0.4 is 5.32 Å². The molecule has 2 amide bonds. The Morgan fingerprint density at radius 1 is 1.12 bits per heavy atom. The highest BCUT2D eigenvalue weighted by Crippen LogP contribution is 2.20. The summed E-state index contributed by atoms with van der Waals surface area (Å²) in [5, 5.41) is 5.17. The van der Waals surface area contributed by atoms with Crippen molar-refractivity contribution in [3.05, 3.63) is 78.1 Å². The van der Waals surface area contributed by atoms with Crippen LogP contribution in [0.25, 0.3) is 10.8 Å². The molecule has 0 saturated carbocycles. The molecule has 2 aromatic carbocycles. The average molecular weight is 432 g/mol. The number of ether oxygens (including phenoxy) is 1. The van der Waals surface area contributed by atoms with E-state index in [0.29, 0.717) is 31.9 Å². The third-order valence-corrected chi connectivity index (χ3v) is 5.85. The van der Waals surface area contributed by atoms with Gasteiger partial charge in [0.15, 0.2) is 0 Å². The lowest BCUT2D eigenvalue weighted by atomic mass is 9.96. The van der Waals surface area contributed by atoms with E-state index in [1.165, 1.54) is 5.56 Å². The maximum Gasteiger partial charge on any atom is 0.252 e. The number of benzene rings is 2. The predicted octanol–water partition coefficient (Wildman–Crippen LogP) is 3.46. The monoisotopic (exact) mass is 431 g/mol. The van der Waals surface area contributed by atoms with Crippen molar-refractivity contribution in [3.8, 4) is 0 Å². The van der Waals surface area contributed by atoms with Crippen LogP contribution in [0.15, 0.2) is 67.0 Å². The Bertz CT molecular complexity index is 1100. The number of nitrogens with one attached hydrogen (secondary N) is 1. The third kappa shape index (κ3) is 5.14. The fourth-order valence-corrected chi connectivity index (χ4v) is 4.18. The van der Waals surface area contributed by atoms with Gasteiger partial charge < -0.3 is 15.0 Å². The smallest absolute Gasteiger partial charge is 0.252 e. The van der Waals surface area contributed by atoms with Gasteiger partial charge >= 0.3 is 0 Å². The molecule has 6 nitrogen and oxygen atoms in total. The molecule has 0 radical (unpaired) electrons. The van der Waals surface area contributed by atoms with E-state index in [1.54, 1.807) is 32.2 Å². The minimum atomic E-state index is -1.02. The molecule has 1 aliphatic heterocycles. The van der Waals surface area contributed by atoms with Gasteiger partial charge in [0.2, 0.25) is 5.91 Å². The second-order valence-corrected chi connectivity index (χ2v) is 8.90. The number of amides is 2. The lowest BCUT2D eigenvalue weighted by Gasteiger charge is -2.33. The molecule has 0 aliphatic carbocycles. The first kappa shape index (κ1) is 22.0. The summed E-state index contributed by atoms with van der Waals surface area (Å²) in [6.45, 7) is 5.72. The van der Waals surface area contributed by atoms with Gasteiger partial charge in [0.25, 0.3) is 5.91 Å². The molecule has 0 spiro atoms. The number of hydrogen-bond acceptors (Lipinski definition) is 4. The van der Waals surface area contributed by atoms with E-state index in [-0.39, 0.29) is 17.7 Å². The molecule has 3 aromatic rings. The minimum Gasteiger partial charge on any atom is -0.379 e. The van der Waals surface area contributed by atoms with Crippen LogP contribution in [0.2, 0.25) is 0 Å². The number of aromatic nitrogens is 1. The van der Waals surface area contributed by atoms with Gasteiger partial charge in [0.05, 0.1) is 13.2 Å². The van der Waals surface area contributed by atoms with Gasteiger partial charge in [-0.25, -0.2) is 0 Å². The topological polar surface area (TPSA) is 71.5 Å². The normalized spacial score (nSPS) is 17.1. The van der Waals surface area contributed by atoms with Crippen LogP contribution in [0.5, 0.6) is 0 Å². The molecule has 1 saturated heterocycles. The highest BCUT2D eigenvalue weighted by Gasteiger charge is 2.35. The predicted molar refractivity (Wildman–Crippen MR) is 124 cm³/mol. The number of carbonyl (C=O) groups excluding carboxylic acids is 2. The van der Waals surface area contributed by atoms with Crippen LogP contribution in [0, 0.1) is 5.92 Å². The van der Waals surface area contributed by atoms with Crippen LogP contribution in [0.1, 0.15) is 29.8 Å². The number of nitrogens with zero attached hydrogens (tertiary/aromatic N) is 2. The Hall–Kier alpha value is -3.25. The summed E-state index contributed by atoms with van der Waals surface area (Å²) in [6, 6.07) is 17.3. The zero-order chi connectivity index (χ0) is 22.6. The summed E-state index contributed by atoms with van der Waals surface area (Å²) in [4.78, 5) is 32.0. The summed E-state index contributed by atoms with van der Waals surface area (Å²) in [5.41, 5.74) is 0.720. The summed E-state index contributed by atoms with van der Waals surface area (Å²) >= 11 is 0. The van der Waals surface area contributed by atoms with E-state index in [1.807, 2.05) is 35.4 Å². The first-order chi connectivity index (χ1) is 15.4. The number of carbonyl (C=O) groups is 2. The number of hydrogen-bond donors (Lipinski definition) is 1. The fourth-order valence-electron chi connectivity index (χ4n) is 4.18. The van der Waals surface area contributed by atoms with E-state index in [0.717, 1.165) is 17.2 Å². The molecule has 32 heavy (non-hydrogen) atoms. The Morgan fingerprint density at radius 2 is 1.94 bits per heavy atom. The van der Waals surface area contributed by atoms with Crippen molar-refractivity contribution < 1.29 is 14.3 Å². The summed E-state index contributed by atoms with van der Waals surface area (Å²) in [7, 11) is 0. The number of rotatable bonds is 5. The van der Waals surface area contributed by atoms with Crippen molar-refractivity contribution in [2.75, 3.05) is 26.3 Å². The lowest BCUT2D eigenvalue weighted by molar-refractivity contribution is -0.137. The molecule has 166 valence electrons. The third-order valence-electron chi connectivity index (χ3n) is 5.85. The molecular weight excluding hydrogens is 402 g/mol. The maximum absolute atomic E-state index is 13.4. The Balaban J connectivity index is 1.44. The Labute approximate surface area is 188 Å². The molecule has 2 heterocycles. The zero-order valence-corrected chi connectivity index (χ0v) is 18.6. The fraction of sp³-hybridized carbons (Fsp3) is 0.346. The van der Waals surface area contributed by atoms with Crippen molar-refractivity contribution in [3.63, 3.8) is 0 Å². The van der Waals surface area contributed by atoms with Crippen LogP contribution >= 0.6 is 0 Å². The first-order valence-electron chi connectivity index (χ1n) is 11.0.